The Balaban J connectivity index is 1.47. The molecule has 2 heterocycles. The van der Waals surface area contributed by atoms with Crippen molar-refractivity contribution in [2.75, 3.05) is 4.90 Å². The van der Waals surface area contributed by atoms with Crippen LogP contribution in [0.25, 0.3) is 6.08 Å². The number of phenols is 1. The summed E-state index contributed by atoms with van der Waals surface area (Å²) in [5.41, 5.74) is -0.887. The van der Waals surface area contributed by atoms with Crippen molar-refractivity contribution < 1.29 is 50.7 Å². The van der Waals surface area contributed by atoms with E-state index in [1.165, 1.54) is 0 Å². The molecular weight excluding hydrogens is 683 g/mol. The smallest absolute Gasteiger partial charge is 0.455 e. The van der Waals surface area contributed by atoms with Crippen LogP contribution in [-0.4, -0.2) is 35.2 Å². The van der Waals surface area contributed by atoms with E-state index < -0.39 is 72.0 Å². The average molecular weight is 714 g/mol. The Morgan fingerprint density at radius 2 is 1.67 bits per heavy atom. The SMILES string of the molecule is CCC1=C2[C@@H](CC/C(=C/c3cc(Br)ccc3O)CC)OB(O)C[C@@H]2[C@@H]2C(=O)N(c3cc(C(F)(F)F)cc(C(F)(F)F)c3)C(=O)[C@@H]2C1. The van der Waals surface area contributed by atoms with Gasteiger partial charge in [0.15, 0.2) is 0 Å². The third-order valence-electron chi connectivity index (χ3n) is 9.10. The number of fused-ring (bicyclic) bond motifs is 3. The van der Waals surface area contributed by atoms with Gasteiger partial charge >= 0.3 is 19.5 Å². The topological polar surface area (TPSA) is 87.1 Å². The van der Waals surface area contributed by atoms with Crippen molar-refractivity contribution in [1.29, 1.82) is 0 Å². The van der Waals surface area contributed by atoms with Crippen LogP contribution in [0.4, 0.5) is 32.0 Å². The van der Waals surface area contributed by atoms with Gasteiger partial charge < -0.3 is 14.8 Å². The third kappa shape index (κ3) is 6.66. The van der Waals surface area contributed by atoms with E-state index in [1.54, 1.807) is 18.2 Å². The highest BCUT2D eigenvalue weighted by Crippen LogP contribution is 2.52. The van der Waals surface area contributed by atoms with Gasteiger partial charge in [0.05, 0.1) is 34.8 Å². The molecule has 0 spiro atoms. The number of phenolic OH excluding ortho intramolecular Hbond substituents is 1. The molecule has 0 saturated carbocycles. The molecule has 0 bridgehead atoms. The maximum absolute atomic E-state index is 13.9. The molecule has 1 aliphatic carbocycles. The summed E-state index contributed by atoms with van der Waals surface area (Å²) in [6.07, 6.45) is -7.03. The number of halogens is 7. The van der Waals surface area contributed by atoms with Crippen LogP contribution in [0.1, 0.15) is 62.6 Å². The standard InChI is InChI=1S/C32H31BBrF6NO5/c1-3-16(9-18-10-21(34)6-7-25(18)42)5-8-26-27-17(4-2)11-23-28(24(27)15-33(45)46-26)30(44)41(29(23)43)22-13-19(31(35,36)37)12-20(14-22)32(38,39)40/h6-7,9-10,12-14,23-24,26,28,42,45H,3-5,8,11,15H2,1-2H3/b16-9+/t23-,24+,26-,28-/m1/s1. The van der Waals surface area contributed by atoms with Crippen molar-refractivity contribution in [2.24, 2.45) is 17.8 Å². The van der Waals surface area contributed by atoms with E-state index in [-0.39, 0.29) is 24.6 Å². The minimum Gasteiger partial charge on any atom is -0.507 e. The summed E-state index contributed by atoms with van der Waals surface area (Å²) in [5.74, 6) is -4.44. The number of amides is 2. The Morgan fingerprint density at radius 3 is 2.26 bits per heavy atom. The lowest BCUT2D eigenvalue weighted by atomic mass is 9.58. The summed E-state index contributed by atoms with van der Waals surface area (Å²) in [6, 6.07) is 5.78. The minimum absolute atomic E-state index is 0.0488. The van der Waals surface area contributed by atoms with Crippen LogP contribution >= 0.6 is 15.9 Å². The maximum Gasteiger partial charge on any atom is 0.455 e. The predicted molar refractivity (Wildman–Crippen MR) is 162 cm³/mol. The fraction of sp³-hybridized carbons (Fsp3) is 0.438. The highest BCUT2D eigenvalue weighted by molar-refractivity contribution is 9.10. The number of hydrogen-bond donors (Lipinski definition) is 2. The molecule has 246 valence electrons. The molecule has 3 aliphatic rings. The number of alkyl halides is 6. The molecule has 2 aromatic carbocycles. The van der Waals surface area contributed by atoms with Gasteiger partial charge in [0.1, 0.15) is 5.75 Å². The number of carbonyl (C=O) groups excluding carboxylic acids is 2. The molecule has 4 atom stereocenters. The van der Waals surface area contributed by atoms with Gasteiger partial charge in [-0.25, -0.2) is 4.90 Å². The molecule has 2 saturated heterocycles. The van der Waals surface area contributed by atoms with Crippen LogP contribution in [0.15, 0.2) is 57.6 Å². The van der Waals surface area contributed by atoms with Crippen molar-refractivity contribution in [1.82, 2.24) is 0 Å². The number of rotatable bonds is 7. The van der Waals surface area contributed by atoms with Crippen LogP contribution in [-0.2, 0) is 26.6 Å². The number of imide groups is 1. The van der Waals surface area contributed by atoms with Gasteiger partial charge in [-0.3, -0.25) is 9.59 Å². The van der Waals surface area contributed by atoms with Crippen LogP contribution in [0.2, 0.25) is 6.32 Å². The number of carbonyl (C=O) groups is 2. The van der Waals surface area contributed by atoms with E-state index in [0.29, 0.717) is 48.3 Å². The van der Waals surface area contributed by atoms with Gasteiger partial charge in [0.2, 0.25) is 11.8 Å². The van der Waals surface area contributed by atoms with Gasteiger partial charge in [0.25, 0.3) is 0 Å². The second-order valence-electron chi connectivity index (χ2n) is 11.8. The van der Waals surface area contributed by atoms with E-state index in [9.17, 15) is 46.1 Å². The first-order valence-electron chi connectivity index (χ1n) is 14.9. The highest BCUT2D eigenvalue weighted by Gasteiger charge is 2.57. The van der Waals surface area contributed by atoms with Crippen molar-refractivity contribution in [3.05, 3.63) is 74.3 Å². The highest BCUT2D eigenvalue weighted by atomic mass is 79.9. The quantitative estimate of drug-likeness (QED) is 0.131. The number of benzene rings is 2. The summed E-state index contributed by atoms with van der Waals surface area (Å²) in [6.45, 7) is 3.81. The van der Waals surface area contributed by atoms with Crippen LogP contribution in [0, 0.1) is 17.8 Å². The van der Waals surface area contributed by atoms with E-state index in [2.05, 4.69) is 15.9 Å². The first-order valence-corrected chi connectivity index (χ1v) is 15.7. The van der Waals surface area contributed by atoms with E-state index >= 15 is 0 Å². The zero-order valence-electron chi connectivity index (χ0n) is 24.9. The van der Waals surface area contributed by atoms with Crippen molar-refractivity contribution >= 4 is 46.6 Å². The predicted octanol–water partition coefficient (Wildman–Crippen LogP) is 8.18. The monoisotopic (exact) mass is 713 g/mol. The molecule has 6 nitrogen and oxygen atoms in total. The number of anilines is 1. The Kier molecular flexibility index (Phi) is 9.56. The summed E-state index contributed by atoms with van der Waals surface area (Å²) in [7, 11) is -1.30. The number of nitrogens with zero attached hydrogens (tertiary/aromatic N) is 1. The van der Waals surface area contributed by atoms with Crippen LogP contribution < -0.4 is 4.90 Å². The van der Waals surface area contributed by atoms with Crippen LogP contribution in [0.3, 0.4) is 0 Å². The summed E-state index contributed by atoms with van der Waals surface area (Å²) >= 11 is 3.39. The lowest BCUT2D eigenvalue weighted by Gasteiger charge is -2.43. The Hall–Kier alpha value is -3.10. The van der Waals surface area contributed by atoms with Gasteiger partial charge in [-0.2, -0.15) is 26.3 Å². The van der Waals surface area contributed by atoms with Crippen molar-refractivity contribution in [3.63, 3.8) is 0 Å². The van der Waals surface area contributed by atoms with Gasteiger partial charge in [-0.05, 0) is 86.3 Å². The molecule has 0 radical (unpaired) electrons. The fourth-order valence-electron chi connectivity index (χ4n) is 6.95. The maximum atomic E-state index is 13.9. The van der Waals surface area contributed by atoms with Gasteiger partial charge in [-0.1, -0.05) is 47.0 Å². The molecule has 5 rings (SSSR count). The Morgan fingerprint density at radius 1 is 1.02 bits per heavy atom. The molecule has 2 aliphatic heterocycles. The van der Waals surface area contributed by atoms with Crippen LogP contribution in [0.5, 0.6) is 5.75 Å². The second kappa shape index (κ2) is 12.8. The lowest BCUT2D eigenvalue weighted by Crippen LogP contribution is -2.46. The summed E-state index contributed by atoms with van der Waals surface area (Å²) in [4.78, 5) is 28.0. The molecule has 2 amide bonds. The average Bonchev–Trinajstić information content (AvgIpc) is 3.24. The fourth-order valence-corrected chi connectivity index (χ4v) is 7.33. The molecule has 2 fully saturated rings. The molecule has 2 N–H and O–H groups in total. The lowest BCUT2D eigenvalue weighted by molar-refractivity contribution is -0.143. The first-order chi connectivity index (χ1) is 21.5. The number of allylic oxidation sites excluding steroid dienone is 2. The molecule has 14 heteroatoms. The summed E-state index contributed by atoms with van der Waals surface area (Å²) < 4.78 is 88.4. The molecule has 46 heavy (non-hydrogen) atoms. The van der Waals surface area contributed by atoms with Crippen molar-refractivity contribution in [2.45, 2.75) is 70.7 Å². The van der Waals surface area contributed by atoms with Gasteiger partial charge in [-0.15, -0.1) is 0 Å². The first kappa shape index (κ1) is 34.2. The van der Waals surface area contributed by atoms with Crippen molar-refractivity contribution in [3.8, 4) is 5.75 Å². The Labute approximate surface area is 270 Å². The second-order valence-corrected chi connectivity index (χ2v) is 12.8. The normalized spacial score (nSPS) is 24.1. The molecule has 2 aromatic rings. The zero-order valence-corrected chi connectivity index (χ0v) is 26.5. The molecular formula is C32H31BBrF6NO5. The number of aromatic hydroxyl groups is 1. The third-order valence-corrected chi connectivity index (χ3v) is 9.59. The summed E-state index contributed by atoms with van der Waals surface area (Å²) in [5, 5.41) is 21.0. The Bertz CT molecular complexity index is 1570. The van der Waals surface area contributed by atoms with E-state index in [4.69, 9.17) is 4.65 Å². The molecule has 0 aromatic heterocycles. The van der Waals surface area contributed by atoms with E-state index in [1.807, 2.05) is 19.9 Å². The zero-order chi connectivity index (χ0) is 33.7. The number of hydrogen-bond acceptors (Lipinski definition) is 5. The largest absolute Gasteiger partial charge is 0.507 e. The van der Waals surface area contributed by atoms with Gasteiger partial charge in [0, 0.05) is 10.0 Å². The van der Waals surface area contributed by atoms with E-state index in [0.717, 1.165) is 21.2 Å². The molecule has 0 unspecified atom stereocenters. The minimum atomic E-state index is -5.15.